The number of hydrogen-bond acceptors (Lipinski definition) is 3. The van der Waals surface area contributed by atoms with Crippen LogP contribution in [0.3, 0.4) is 0 Å². The molecule has 0 bridgehead atoms. The third-order valence-electron chi connectivity index (χ3n) is 5.06. The molecule has 0 aliphatic heterocycles. The van der Waals surface area contributed by atoms with Crippen molar-refractivity contribution in [3.63, 3.8) is 0 Å². The first-order valence-electron chi connectivity index (χ1n) is 10.5. The maximum atomic E-state index is 12.6. The summed E-state index contributed by atoms with van der Waals surface area (Å²) in [4.78, 5) is 18.0. The van der Waals surface area contributed by atoms with Crippen LogP contribution in [0.1, 0.15) is 51.7 Å². The second-order valence-corrected chi connectivity index (χ2v) is 9.62. The number of anilines is 1. The van der Waals surface area contributed by atoms with Gasteiger partial charge in [-0.3, -0.25) is 4.98 Å². The summed E-state index contributed by atoms with van der Waals surface area (Å²) in [6.45, 7) is 9.40. The Hall–Kier alpha value is -2.53. The zero-order valence-electron chi connectivity index (χ0n) is 18.3. The summed E-state index contributed by atoms with van der Waals surface area (Å²) in [6, 6.07) is 14.1. The number of nitrogens with one attached hydrogen (secondary N) is 2. The van der Waals surface area contributed by atoms with Crippen molar-refractivity contribution >= 4 is 34.3 Å². The highest BCUT2D eigenvalue weighted by Gasteiger charge is 2.16. The first kappa shape index (κ1) is 22.2. The number of amides is 2. The smallest absolute Gasteiger partial charge is 0.319 e. The van der Waals surface area contributed by atoms with Crippen LogP contribution in [0, 0.1) is 0 Å². The van der Waals surface area contributed by atoms with Gasteiger partial charge in [0.1, 0.15) is 0 Å². The van der Waals surface area contributed by atoms with Gasteiger partial charge in [-0.25, -0.2) is 4.79 Å². The molecule has 0 aliphatic rings. The Kier molecular flexibility index (Phi) is 7.38. The molecule has 2 aromatic carbocycles. The standard InChI is InChI=1S/C25H31N3OS/c1-5-6-14-30-23-15-20(25(2,3)4)11-10-19(23)17-27-24(29)28-22-9-7-8-18-16-26-13-12-21(18)22/h7-13,15-16H,5-6,14,17H2,1-4H3,(H2,27,28,29). The topological polar surface area (TPSA) is 54.0 Å². The van der Waals surface area contributed by atoms with E-state index in [2.05, 4.69) is 61.5 Å². The van der Waals surface area contributed by atoms with Crippen LogP contribution in [0.15, 0.2) is 59.8 Å². The van der Waals surface area contributed by atoms with Gasteiger partial charge in [0, 0.05) is 34.6 Å². The number of fused-ring (bicyclic) bond motifs is 1. The van der Waals surface area contributed by atoms with E-state index in [4.69, 9.17) is 0 Å². The number of nitrogens with zero attached hydrogens (tertiary/aromatic N) is 1. The molecule has 3 rings (SSSR count). The summed E-state index contributed by atoms with van der Waals surface area (Å²) in [5, 5.41) is 7.98. The van der Waals surface area contributed by atoms with Crippen LogP contribution in [0.2, 0.25) is 0 Å². The van der Waals surface area contributed by atoms with Crippen molar-refractivity contribution in [2.45, 2.75) is 57.4 Å². The molecule has 0 unspecified atom stereocenters. The Morgan fingerprint density at radius 1 is 1.13 bits per heavy atom. The van der Waals surface area contributed by atoms with Crippen molar-refractivity contribution in [3.05, 3.63) is 66.0 Å². The lowest BCUT2D eigenvalue weighted by atomic mass is 9.86. The van der Waals surface area contributed by atoms with Crippen molar-refractivity contribution in [1.29, 1.82) is 0 Å². The van der Waals surface area contributed by atoms with E-state index in [1.807, 2.05) is 36.0 Å². The lowest BCUT2D eigenvalue weighted by Crippen LogP contribution is -2.28. The zero-order chi connectivity index (χ0) is 21.6. The average molecular weight is 422 g/mol. The largest absolute Gasteiger partial charge is 0.334 e. The molecule has 0 spiro atoms. The second-order valence-electron chi connectivity index (χ2n) is 8.48. The van der Waals surface area contributed by atoms with Gasteiger partial charge in [0.05, 0.1) is 5.69 Å². The summed E-state index contributed by atoms with van der Waals surface area (Å²) in [6.07, 6.45) is 5.91. The number of unbranched alkanes of at least 4 members (excludes halogenated alkanes) is 1. The van der Waals surface area contributed by atoms with E-state index >= 15 is 0 Å². The van der Waals surface area contributed by atoms with Gasteiger partial charge in [-0.15, -0.1) is 11.8 Å². The molecule has 0 atom stereocenters. The van der Waals surface area contributed by atoms with E-state index < -0.39 is 0 Å². The van der Waals surface area contributed by atoms with Crippen molar-refractivity contribution in [2.24, 2.45) is 0 Å². The predicted molar refractivity (Wildman–Crippen MR) is 128 cm³/mol. The molecule has 0 saturated heterocycles. The first-order valence-corrected chi connectivity index (χ1v) is 11.5. The summed E-state index contributed by atoms with van der Waals surface area (Å²) >= 11 is 1.88. The normalized spacial score (nSPS) is 11.5. The molecular formula is C25H31N3OS. The highest BCUT2D eigenvalue weighted by atomic mass is 32.2. The van der Waals surface area contributed by atoms with E-state index in [-0.39, 0.29) is 11.4 Å². The highest BCUT2D eigenvalue weighted by Crippen LogP contribution is 2.31. The van der Waals surface area contributed by atoms with Gasteiger partial charge >= 0.3 is 6.03 Å². The van der Waals surface area contributed by atoms with E-state index in [1.54, 1.807) is 12.4 Å². The number of thioether (sulfide) groups is 1. The van der Waals surface area contributed by atoms with Crippen LogP contribution in [-0.4, -0.2) is 16.8 Å². The summed E-state index contributed by atoms with van der Waals surface area (Å²) in [7, 11) is 0. The minimum atomic E-state index is -0.205. The van der Waals surface area contributed by atoms with Crippen LogP contribution in [0.4, 0.5) is 10.5 Å². The van der Waals surface area contributed by atoms with E-state index in [1.165, 1.54) is 23.3 Å². The van der Waals surface area contributed by atoms with Crippen LogP contribution in [-0.2, 0) is 12.0 Å². The van der Waals surface area contributed by atoms with Crippen molar-refractivity contribution < 1.29 is 4.79 Å². The molecule has 4 nitrogen and oxygen atoms in total. The van der Waals surface area contributed by atoms with E-state index in [9.17, 15) is 4.79 Å². The Labute approximate surface area is 183 Å². The van der Waals surface area contributed by atoms with Crippen LogP contribution in [0.25, 0.3) is 10.8 Å². The number of rotatable bonds is 7. The fraction of sp³-hybridized carbons (Fsp3) is 0.360. The number of carbonyl (C=O) groups is 1. The molecule has 30 heavy (non-hydrogen) atoms. The molecular weight excluding hydrogens is 390 g/mol. The number of hydrogen-bond donors (Lipinski definition) is 2. The van der Waals surface area contributed by atoms with Crippen molar-refractivity contribution in [1.82, 2.24) is 10.3 Å². The second kappa shape index (κ2) is 9.98. The lowest BCUT2D eigenvalue weighted by Gasteiger charge is -2.21. The molecule has 1 heterocycles. The molecule has 5 heteroatoms. The molecule has 1 aromatic heterocycles. The Morgan fingerprint density at radius 3 is 2.73 bits per heavy atom. The number of aromatic nitrogens is 1. The Bertz CT molecular complexity index is 1010. The SMILES string of the molecule is CCCCSc1cc(C(C)(C)C)ccc1CNC(=O)Nc1cccc2cnccc12. The maximum absolute atomic E-state index is 12.6. The minimum Gasteiger partial charge on any atom is -0.334 e. The fourth-order valence-corrected chi connectivity index (χ4v) is 4.39. The molecule has 0 fully saturated rings. The Morgan fingerprint density at radius 2 is 1.97 bits per heavy atom. The van der Waals surface area contributed by atoms with Gasteiger partial charge in [-0.05, 0) is 46.9 Å². The number of benzene rings is 2. The average Bonchev–Trinajstić information content (AvgIpc) is 2.72. The molecule has 3 aromatic rings. The maximum Gasteiger partial charge on any atom is 0.319 e. The summed E-state index contributed by atoms with van der Waals surface area (Å²) in [5.74, 6) is 1.09. The van der Waals surface area contributed by atoms with Crippen LogP contribution >= 0.6 is 11.8 Å². The van der Waals surface area contributed by atoms with Gasteiger partial charge in [0.15, 0.2) is 0 Å². The van der Waals surface area contributed by atoms with E-state index in [0.717, 1.165) is 27.8 Å². The summed E-state index contributed by atoms with van der Waals surface area (Å²) < 4.78 is 0. The molecule has 2 amide bonds. The van der Waals surface area contributed by atoms with Gasteiger partial charge in [0.25, 0.3) is 0 Å². The number of urea groups is 1. The molecule has 158 valence electrons. The van der Waals surface area contributed by atoms with Gasteiger partial charge in [-0.1, -0.05) is 58.4 Å². The van der Waals surface area contributed by atoms with E-state index in [0.29, 0.717) is 6.54 Å². The summed E-state index contributed by atoms with van der Waals surface area (Å²) in [5.41, 5.74) is 3.36. The minimum absolute atomic E-state index is 0.104. The highest BCUT2D eigenvalue weighted by molar-refractivity contribution is 7.99. The van der Waals surface area contributed by atoms with Gasteiger partial charge in [0.2, 0.25) is 0 Å². The van der Waals surface area contributed by atoms with Crippen LogP contribution in [0.5, 0.6) is 0 Å². The lowest BCUT2D eigenvalue weighted by molar-refractivity contribution is 0.251. The molecule has 0 radical (unpaired) electrons. The molecule has 2 N–H and O–H groups in total. The number of pyridine rings is 1. The quantitative estimate of drug-likeness (QED) is 0.328. The zero-order valence-corrected chi connectivity index (χ0v) is 19.1. The molecule has 0 saturated carbocycles. The number of carbonyl (C=O) groups excluding carboxylic acids is 1. The van der Waals surface area contributed by atoms with Crippen molar-refractivity contribution in [3.8, 4) is 0 Å². The Balaban J connectivity index is 1.71. The predicted octanol–water partition coefficient (Wildman–Crippen LogP) is 6.75. The third kappa shape index (κ3) is 5.76. The molecule has 0 aliphatic carbocycles. The fourth-order valence-electron chi connectivity index (χ4n) is 3.20. The third-order valence-corrected chi connectivity index (χ3v) is 6.24. The van der Waals surface area contributed by atoms with Crippen LogP contribution < -0.4 is 10.6 Å². The van der Waals surface area contributed by atoms with Gasteiger partial charge in [-0.2, -0.15) is 0 Å². The van der Waals surface area contributed by atoms with Crippen molar-refractivity contribution in [2.75, 3.05) is 11.1 Å². The first-order chi connectivity index (χ1) is 14.4. The van der Waals surface area contributed by atoms with Gasteiger partial charge < -0.3 is 10.6 Å². The monoisotopic (exact) mass is 421 g/mol.